The fraction of sp³-hybridized carbons (Fsp3) is 0.188. The molecule has 116 valence electrons. The van der Waals surface area contributed by atoms with Crippen LogP contribution in [0.1, 0.15) is 5.56 Å². The van der Waals surface area contributed by atoms with Crippen LogP contribution in [0.3, 0.4) is 0 Å². The zero-order valence-corrected chi connectivity index (χ0v) is 14.1. The van der Waals surface area contributed by atoms with Gasteiger partial charge in [-0.1, -0.05) is 23.2 Å². The van der Waals surface area contributed by atoms with Crippen molar-refractivity contribution >= 4 is 46.3 Å². The predicted molar refractivity (Wildman–Crippen MR) is 94.6 cm³/mol. The van der Waals surface area contributed by atoms with Crippen LogP contribution in [0.15, 0.2) is 36.4 Å². The van der Waals surface area contributed by atoms with E-state index in [2.05, 4.69) is 10.6 Å². The van der Waals surface area contributed by atoms with Crippen LogP contribution in [0.5, 0.6) is 0 Å². The summed E-state index contributed by atoms with van der Waals surface area (Å²) in [5, 5.41) is 6.42. The van der Waals surface area contributed by atoms with E-state index in [9.17, 15) is 4.79 Å². The Labute approximate surface area is 140 Å². The van der Waals surface area contributed by atoms with Crippen LogP contribution in [-0.2, 0) is 0 Å². The van der Waals surface area contributed by atoms with Gasteiger partial charge in [-0.2, -0.15) is 0 Å². The van der Waals surface area contributed by atoms with Crippen LogP contribution in [0.2, 0.25) is 10.0 Å². The molecule has 2 aromatic carbocycles. The molecule has 0 bridgehead atoms. The van der Waals surface area contributed by atoms with Crippen molar-refractivity contribution in [3.05, 3.63) is 52.0 Å². The third kappa shape index (κ3) is 4.06. The summed E-state index contributed by atoms with van der Waals surface area (Å²) in [6.07, 6.45) is 0. The Balaban J connectivity index is 2.09. The van der Waals surface area contributed by atoms with Gasteiger partial charge in [0, 0.05) is 30.5 Å². The van der Waals surface area contributed by atoms with Crippen LogP contribution in [0.25, 0.3) is 0 Å². The van der Waals surface area contributed by atoms with Gasteiger partial charge in [-0.25, -0.2) is 4.79 Å². The number of hydrogen-bond donors (Lipinski definition) is 2. The minimum Gasteiger partial charge on any atom is -0.378 e. The molecule has 0 aromatic heterocycles. The molecule has 2 amide bonds. The standard InChI is InChI=1S/C16H17Cl2N3O/c1-10-8-12(21(2)3)5-7-14(10)19-16(22)20-15-6-4-11(17)9-13(15)18/h4-9H,1-3H3,(H2,19,20,22). The number of halogens is 2. The lowest BCUT2D eigenvalue weighted by atomic mass is 10.1. The highest BCUT2D eigenvalue weighted by Gasteiger charge is 2.08. The number of urea groups is 1. The molecule has 6 heteroatoms. The number of nitrogens with one attached hydrogen (secondary N) is 2. The van der Waals surface area contributed by atoms with Crippen LogP contribution in [0, 0.1) is 6.92 Å². The zero-order valence-electron chi connectivity index (χ0n) is 12.6. The lowest BCUT2D eigenvalue weighted by Gasteiger charge is -2.16. The second kappa shape index (κ2) is 6.90. The Morgan fingerprint density at radius 2 is 1.64 bits per heavy atom. The van der Waals surface area contributed by atoms with E-state index in [0.717, 1.165) is 16.9 Å². The summed E-state index contributed by atoms with van der Waals surface area (Å²) in [6, 6.07) is 10.4. The molecule has 0 spiro atoms. The van der Waals surface area contributed by atoms with E-state index in [1.165, 1.54) is 0 Å². The summed E-state index contributed by atoms with van der Waals surface area (Å²) in [6.45, 7) is 1.94. The van der Waals surface area contributed by atoms with Crippen molar-refractivity contribution in [2.75, 3.05) is 29.6 Å². The van der Waals surface area contributed by atoms with Crippen molar-refractivity contribution < 1.29 is 4.79 Å². The molecule has 0 aliphatic carbocycles. The number of hydrogen-bond acceptors (Lipinski definition) is 2. The first-order valence-electron chi connectivity index (χ1n) is 6.68. The van der Waals surface area contributed by atoms with Crippen LogP contribution in [0.4, 0.5) is 21.9 Å². The van der Waals surface area contributed by atoms with Gasteiger partial charge in [-0.3, -0.25) is 0 Å². The Morgan fingerprint density at radius 1 is 1.00 bits per heavy atom. The number of carbonyl (C=O) groups excluding carboxylic acids is 1. The molecule has 2 rings (SSSR count). The molecule has 0 saturated heterocycles. The molecule has 2 aromatic rings. The maximum Gasteiger partial charge on any atom is 0.323 e. The Bertz CT molecular complexity index is 702. The number of amides is 2. The van der Waals surface area contributed by atoms with Crippen LogP contribution < -0.4 is 15.5 Å². The molecule has 0 radical (unpaired) electrons. The molecule has 0 unspecified atom stereocenters. The number of aryl methyl sites for hydroxylation is 1. The number of benzene rings is 2. The smallest absolute Gasteiger partial charge is 0.323 e. The minimum atomic E-state index is -0.357. The average Bonchev–Trinajstić information content (AvgIpc) is 2.44. The molecule has 2 N–H and O–H groups in total. The summed E-state index contributed by atoms with van der Waals surface area (Å²) in [7, 11) is 3.94. The van der Waals surface area contributed by atoms with Gasteiger partial charge in [0.05, 0.1) is 10.7 Å². The highest BCUT2D eigenvalue weighted by Crippen LogP contribution is 2.26. The summed E-state index contributed by atoms with van der Waals surface area (Å²) < 4.78 is 0. The van der Waals surface area contributed by atoms with Gasteiger partial charge in [-0.05, 0) is 48.9 Å². The van der Waals surface area contributed by atoms with Crippen molar-refractivity contribution in [2.24, 2.45) is 0 Å². The summed E-state index contributed by atoms with van der Waals surface area (Å²) >= 11 is 11.9. The fourth-order valence-electron chi connectivity index (χ4n) is 1.93. The van der Waals surface area contributed by atoms with Crippen molar-refractivity contribution in [1.29, 1.82) is 0 Å². The largest absolute Gasteiger partial charge is 0.378 e. The lowest BCUT2D eigenvalue weighted by molar-refractivity contribution is 0.262. The second-order valence-electron chi connectivity index (χ2n) is 5.10. The summed E-state index contributed by atoms with van der Waals surface area (Å²) in [5.41, 5.74) is 3.30. The maximum absolute atomic E-state index is 12.1. The first-order valence-corrected chi connectivity index (χ1v) is 7.43. The predicted octanol–water partition coefficient (Wildman–Crippen LogP) is 5.01. The third-order valence-corrected chi connectivity index (χ3v) is 3.70. The quantitative estimate of drug-likeness (QED) is 0.826. The summed E-state index contributed by atoms with van der Waals surface area (Å²) in [4.78, 5) is 14.1. The molecule has 0 atom stereocenters. The molecule has 22 heavy (non-hydrogen) atoms. The number of carbonyl (C=O) groups is 1. The van der Waals surface area contributed by atoms with E-state index in [0.29, 0.717) is 15.7 Å². The van der Waals surface area contributed by atoms with E-state index < -0.39 is 0 Å². The van der Waals surface area contributed by atoms with Gasteiger partial charge in [0.15, 0.2) is 0 Å². The van der Waals surface area contributed by atoms with Gasteiger partial charge in [0.1, 0.15) is 0 Å². The zero-order chi connectivity index (χ0) is 16.3. The first kappa shape index (κ1) is 16.5. The fourth-order valence-corrected chi connectivity index (χ4v) is 2.39. The van der Waals surface area contributed by atoms with E-state index in [4.69, 9.17) is 23.2 Å². The average molecular weight is 338 g/mol. The molecule has 0 aliphatic heterocycles. The Kier molecular flexibility index (Phi) is 5.16. The van der Waals surface area contributed by atoms with Crippen LogP contribution >= 0.6 is 23.2 Å². The molecule has 0 aliphatic rings. The minimum absolute atomic E-state index is 0.357. The van der Waals surface area contributed by atoms with Gasteiger partial charge >= 0.3 is 6.03 Å². The number of anilines is 3. The molecule has 0 fully saturated rings. The van der Waals surface area contributed by atoms with Crippen molar-refractivity contribution in [1.82, 2.24) is 0 Å². The molecular weight excluding hydrogens is 321 g/mol. The highest BCUT2D eigenvalue weighted by molar-refractivity contribution is 6.36. The normalized spacial score (nSPS) is 10.2. The first-order chi connectivity index (χ1) is 10.4. The van der Waals surface area contributed by atoms with E-state index in [1.807, 2.05) is 44.1 Å². The van der Waals surface area contributed by atoms with E-state index >= 15 is 0 Å². The molecule has 4 nitrogen and oxygen atoms in total. The third-order valence-electron chi connectivity index (χ3n) is 3.15. The van der Waals surface area contributed by atoms with Crippen molar-refractivity contribution in [2.45, 2.75) is 6.92 Å². The van der Waals surface area contributed by atoms with Crippen molar-refractivity contribution in [3.63, 3.8) is 0 Å². The van der Waals surface area contributed by atoms with Crippen molar-refractivity contribution in [3.8, 4) is 0 Å². The van der Waals surface area contributed by atoms with E-state index in [-0.39, 0.29) is 6.03 Å². The number of nitrogens with zero attached hydrogens (tertiary/aromatic N) is 1. The SMILES string of the molecule is Cc1cc(N(C)C)ccc1NC(=O)Nc1ccc(Cl)cc1Cl. The Morgan fingerprint density at radius 3 is 2.23 bits per heavy atom. The molecule has 0 heterocycles. The topological polar surface area (TPSA) is 44.4 Å². The highest BCUT2D eigenvalue weighted by atomic mass is 35.5. The summed E-state index contributed by atoms with van der Waals surface area (Å²) in [5.74, 6) is 0. The van der Waals surface area contributed by atoms with Gasteiger partial charge in [0.2, 0.25) is 0 Å². The Hall–Kier alpha value is -1.91. The van der Waals surface area contributed by atoms with Crippen LogP contribution in [-0.4, -0.2) is 20.1 Å². The lowest BCUT2D eigenvalue weighted by Crippen LogP contribution is -2.20. The van der Waals surface area contributed by atoms with E-state index in [1.54, 1.807) is 18.2 Å². The van der Waals surface area contributed by atoms with Gasteiger partial charge in [-0.15, -0.1) is 0 Å². The monoisotopic (exact) mass is 337 g/mol. The maximum atomic E-state index is 12.1. The molecular formula is C16H17Cl2N3O. The number of rotatable bonds is 3. The van der Waals surface area contributed by atoms with Gasteiger partial charge in [0.25, 0.3) is 0 Å². The molecule has 0 saturated carbocycles. The van der Waals surface area contributed by atoms with Gasteiger partial charge < -0.3 is 15.5 Å². The second-order valence-corrected chi connectivity index (χ2v) is 5.94.